The molecule has 20 heavy (non-hydrogen) atoms. The van der Waals surface area contributed by atoms with Crippen LogP contribution in [-0.2, 0) is 0 Å². The topological polar surface area (TPSA) is 40.5 Å². The Morgan fingerprint density at radius 2 is 1.05 bits per heavy atom. The smallest absolute Gasteiger partial charge is 0.0571 e. The lowest BCUT2D eigenvalue weighted by atomic mass is 9.84. The molecule has 2 aliphatic carbocycles. The molecule has 2 rings (SSSR count). The van der Waals surface area contributed by atoms with Crippen molar-refractivity contribution in [1.29, 1.82) is 0 Å². The SMILES string of the molecule is C=CC[C@@H]1CCCC[C@@H]1O.C=CC[C@H]1CCCC[C@H]1O. The van der Waals surface area contributed by atoms with Gasteiger partial charge in [0.2, 0.25) is 0 Å². The van der Waals surface area contributed by atoms with Crippen LogP contribution in [-0.4, -0.2) is 22.4 Å². The average Bonchev–Trinajstić information content (AvgIpc) is 2.45. The molecular formula is C18H32O2. The van der Waals surface area contributed by atoms with Gasteiger partial charge in [-0.1, -0.05) is 37.8 Å². The minimum Gasteiger partial charge on any atom is -0.393 e. The number of hydrogen-bond donors (Lipinski definition) is 2. The van der Waals surface area contributed by atoms with Crippen LogP contribution in [0.25, 0.3) is 0 Å². The second-order valence-corrected chi connectivity index (χ2v) is 6.27. The van der Waals surface area contributed by atoms with E-state index in [9.17, 15) is 10.2 Å². The molecule has 0 aromatic heterocycles. The fraction of sp³-hybridized carbons (Fsp3) is 0.778. The van der Waals surface area contributed by atoms with E-state index in [0.29, 0.717) is 11.8 Å². The van der Waals surface area contributed by atoms with E-state index < -0.39 is 0 Å². The van der Waals surface area contributed by atoms with Crippen molar-refractivity contribution < 1.29 is 10.2 Å². The number of aliphatic hydroxyl groups is 2. The third-order valence-electron chi connectivity index (χ3n) is 4.68. The van der Waals surface area contributed by atoms with Crippen molar-refractivity contribution in [3.05, 3.63) is 25.3 Å². The van der Waals surface area contributed by atoms with Crippen LogP contribution < -0.4 is 0 Å². The molecule has 2 saturated carbocycles. The summed E-state index contributed by atoms with van der Waals surface area (Å²) in [6, 6.07) is 0. The minimum atomic E-state index is -0.0493. The van der Waals surface area contributed by atoms with E-state index in [4.69, 9.17) is 0 Å². The van der Waals surface area contributed by atoms with Gasteiger partial charge in [-0.05, 0) is 50.4 Å². The van der Waals surface area contributed by atoms with Crippen LogP contribution in [0.4, 0.5) is 0 Å². The van der Waals surface area contributed by atoms with Gasteiger partial charge in [0.15, 0.2) is 0 Å². The first-order valence-corrected chi connectivity index (χ1v) is 8.27. The Balaban J connectivity index is 0.000000200. The predicted molar refractivity (Wildman–Crippen MR) is 85.6 cm³/mol. The first-order valence-electron chi connectivity index (χ1n) is 8.27. The van der Waals surface area contributed by atoms with Gasteiger partial charge >= 0.3 is 0 Å². The highest BCUT2D eigenvalue weighted by atomic mass is 16.3. The number of rotatable bonds is 4. The Labute approximate surface area is 124 Å². The molecule has 0 amide bonds. The van der Waals surface area contributed by atoms with Crippen LogP contribution in [0.5, 0.6) is 0 Å². The van der Waals surface area contributed by atoms with E-state index >= 15 is 0 Å². The molecule has 0 saturated heterocycles. The summed E-state index contributed by atoms with van der Waals surface area (Å²) in [5, 5.41) is 18.9. The Kier molecular flexibility index (Phi) is 8.88. The first-order chi connectivity index (χ1) is 9.69. The standard InChI is InChI=1S/2C9H16O/c2*1-2-5-8-6-3-4-7-9(8)10/h2*2,8-10H,1,3-7H2/t2*8-,9+/m10/s1. The third kappa shape index (κ3) is 6.23. The van der Waals surface area contributed by atoms with Crippen molar-refractivity contribution in [3.63, 3.8) is 0 Å². The Morgan fingerprint density at radius 1 is 0.700 bits per heavy atom. The van der Waals surface area contributed by atoms with Gasteiger partial charge in [-0.2, -0.15) is 0 Å². The maximum atomic E-state index is 9.45. The van der Waals surface area contributed by atoms with E-state index in [2.05, 4.69) is 13.2 Å². The summed E-state index contributed by atoms with van der Waals surface area (Å²) in [7, 11) is 0. The molecule has 4 atom stereocenters. The molecule has 0 spiro atoms. The van der Waals surface area contributed by atoms with Gasteiger partial charge in [0.05, 0.1) is 12.2 Å². The molecule has 0 radical (unpaired) electrons. The van der Waals surface area contributed by atoms with Gasteiger partial charge in [-0.15, -0.1) is 13.2 Å². The molecule has 2 heteroatoms. The lowest BCUT2D eigenvalue weighted by molar-refractivity contribution is 0.0712. The second-order valence-electron chi connectivity index (χ2n) is 6.27. The highest BCUT2D eigenvalue weighted by Gasteiger charge is 2.21. The molecule has 116 valence electrons. The zero-order valence-corrected chi connectivity index (χ0v) is 12.8. The summed E-state index contributed by atoms with van der Waals surface area (Å²) in [4.78, 5) is 0. The molecule has 0 heterocycles. The first kappa shape index (κ1) is 17.5. The Bertz CT molecular complexity index is 247. The molecular weight excluding hydrogens is 248 g/mol. The largest absolute Gasteiger partial charge is 0.393 e. The van der Waals surface area contributed by atoms with Crippen LogP contribution in [0.15, 0.2) is 25.3 Å². The van der Waals surface area contributed by atoms with Crippen molar-refractivity contribution >= 4 is 0 Å². The zero-order valence-electron chi connectivity index (χ0n) is 12.8. The highest BCUT2D eigenvalue weighted by molar-refractivity contribution is 4.81. The number of hydrogen-bond acceptors (Lipinski definition) is 2. The summed E-state index contributed by atoms with van der Waals surface area (Å²) in [5.74, 6) is 1.01. The van der Waals surface area contributed by atoms with Gasteiger partial charge in [0.1, 0.15) is 0 Å². The van der Waals surface area contributed by atoms with Crippen LogP contribution in [0, 0.1) is 11.8 Å². The van der Waals surface area contributed by atoms with E-state index in [1.807, 2.05) is 12.2 Å². The maximum absolute atomic E-state index is 9.45. The van der Waals surface area contributed by atoms with Crippen molar-refractivity contribution in [3.8, 4) is 0 Å². The van der Waals surface area contributed by atoms with Gasteiger partial charge in [-0.25, -0.2) is 0 Å². The number of aliphatic hydroxyl groups excluding tert-OH is 2. The van der Waals surface area contributed by atoms with E-state index in [-0.39, 0.29) is 12.2 Å². The van der Waals surface area contributed by atoms with Crippen molar-refractivity contribution in [2.24, 2.45) is 11.8 Å². The van der Waals surface area contributed by atoms with Gasteiger partial charge < -0.3 is 10.2 Å². The van der Waals surface area contributed by atoms with E-state index in [0.717, 1.165) is 25.7 Å². The zero-order chi connectivity index (χ0) is 14.8. The fourth-order valence-electron chi connectivity index (χ4n) is 3.35. The minimum absolute atomic E-state index is 0.0493. The molecule has 0 bridgehead atoms. The predicted octanol–water partition coefficient (Wildman–Crippen LogP) is 4.23. The molecule has 0 aliphatic heterocycles. The lowest BCUT2D eigenvalue weighted by Gasteiger charge is -2.26. The molecule has 2 fully saturated rings. The summed E-state index contributed by atoms with van der Waals surface area (Å²) in [6.45, 7) is 7.36. The molecule has 0 aromatic rings. The second kappa shape index (κ2) is 10.2. The molecule has 2 N–H and O–H groups in total. The Hall–Kier alpha value is -0.600. The van der Waals surface area contributed by atoms with Crippen LogP contribution >= 0.6 is 0 Å². The number of allylic oxidation sites excluding steroid dienone is 2. The summed E-state index contributed by atoms with van der Waals surface area (Å²) in [5.41, 5.74) is 0. The van der Waals surface area contributed by atoms with Crippen LogP contribution in [0.1, 0.15) is 64.2 Å². The van der Waals surface area contributed by atoms with E-state index in [1.54, 1.807) is 0 Å². The monoisotopic (exact) mass is 280 g/mol. The van der Waals surface area contributed by atoms with Crippen LogP contribution in [0.3, 0.4) is 0 Å². The van der Waals surface area contributed by atoms with Crippen molar-refractivity contribution in [1.82, 2.24) is 0 Å². The normalized spacial score (nSPS) is 33.7. The summed E-state index contributed by atoms with van der Waals surface area (Å²) in [6.07, 6.45) is 15.1. The average molecular weight is 280 g/mol. The summed E-state index contributed by atoms with van der Waals surface area (Å²) >= 11 is 0. The van der Waals surface area contributed by atoms with Crippen molar-refractivity contribution in [2.45, 2.75) is 76.4 Å². The lowest BCUT2D eigenvalue weighted by Crippen LogP contribution is -2.23. The maximum Gasteiger partial charge on any atom is 0.0571 e. The van der Waals surface area contributed by atoms with Gasteiger partial charge in [0, 0.05) is 0 Å². The molecule has 2 aliphatic rings. The van der Waals surface area contributed by atoms with Crippen molar-refractivity contribution in [2.75, 3.05) is 0 Å². The Morgan fingerprint density at radius 3 is 1.35 bits per heavy atom. The quantitative estimate of drug-likeness (QED) is 0.757. The van der Waals surface area contributed by atoms with Gasteiger partial charge in [0.25, 0.3) is 0 Å². The summed E-state index contributed by atoms with van der Waals surface area (Å²) < 4.78 is 0. The van der Waals surface area contributed by atoms with Gasteiger partial charge in [-0.3, -0.25) is 0 Å². The van der Waals surface area contributed by atoms with E-state index in [1.165, 1.54) is 38.5 Å². The molecule has 2 nitrogen and oxygen atoms in total. The third-order valence-corrected chi connectivity index (χ3v) is 4.68. The highest BCUT2D eigenvalue weighted by Crippen LogP contribution is 2.27. The fourth-order valence-corrected chi connectivity index (χ4v) is 3.35. The molecule has 0 unspecified atom stereocenters. The van der Waals surface area contributed by atoms with Crippen LogP contribution in [0.2, 0.25) is 0 Å². The molecule has 0 aromatic carbocycles.